The first kappa shape index (κ1) is 14.5. The number of anilines is 1. The monoisotopic (exact) mass is 294 g/mol. The number of nitrogens with two attached hydrogens (primary N) is 1. The van der Waals surface area contributed by atoms with Crippen molar-refractivity contribution in [2.75, 3.05) is 4.72 Å². The minimum atomic E-state index is -3.73. The molecule has 0 bridgehead atoms. The molecule has 0 aliphatic carbocycles. The van der Waals surface area contributed by atoms with E-state index in [9.17, 15) is 12.8 Å². The van der Waals surface area contributed by atoms with Crippen LogP contribution < -0.4 is 10.5 Å². The van der Waals surface area contributed by atoms with Crippen LogP contribution in [0.2, 0.25) is 0 Å². The van der Waals surface area contributed by atoms with Gasteiger partial charge in [-0.25, -0.2) is 12.8 Å². The zero-order valence-electron chi connectivity index (χ0n) is 10.9. The maximum atomic E-state index is 13.4. The van der Waals surface area contributed by atoms with Crippen LogP contribution in [0, 0.1) is 12.7 Å². The van der Waals surface area contributed by atoms with Crippen LogP contribution in [0.4, 0.5) is 10.1 Å². The van der Waals surface area contributed by atoms with Gasteiger partial charge in [0.25, 0.3) is 10.0 Å². The van der Waals surface area contributed by atoms with Crippen molar-refractivity contribution in [2.45, 2.75) is 18.4 Å². The Morgan fingerprint density at radius 2 is 1.80 bits per heavy atom. The van der Waals surface area contributed by atoms with Crippen molar-refractivity contribution in [3.05, 3.63) is 59.4 Å². The van der Waals surface area contributed by atoms with Crippen molar-refractivity contribution in [1.29, 1.82) is 0 Å². The molecule has 2 aromatic carbocycles. The number of halogens is 1. The summed E-state index contributed by atoms with van der Waals surface area (Å²) in [7, 11) is -3.73. The van der Waals surface area contributed by atoms with Crippen molar-refractivity contribution < 1.29 is 12.8 Å². The van der Waals surface area contributed by atoms with Gasteiger partial charge in [-0.2, -0.15) is 0 Å². The quantitative estimate of drug-likeness (QED) is 0.909. The molecule has 2 rings (SSSR count). The third-order valence-corrected chi connectivity index (χ3v) is 4.29. The van der Waals surface area contributed by atoms with Crippen molar-refractivity contribution in [1.82, 2.24) is 0 Å². The van der Waals surface area contributed by atoms with E-state index in [0.29, 0.717) is 12.1 Å². The van der Waals surface area contributed by atoms with Crippen LogP contribution in [0.25, 0.3) is 0 Å². The molecule has 3 N–H and O–H groups in total. The fraction of sp³-hybridized carbons (Fsp3) is 0.143. The van der Waals surface area contributed by atoms with Gasteiger partial charge in [-0.05, 0) is 42.3 Å². The van der Waals surface area contributed by atoms with Gasteiger partial charge in [0.15, 0.2) is 0 Å². The van der Waals surface area contributed by atoms with Gasteiger partial charge in [-0.3, -0.25) is 4.72 Å². The molecule has 0 unspecified atom stereocenters. The first-order chi connectivity index (χ1) is 9.42. The molecule has 0 heterocycles. The van der Waals surface area contributed by atoms with Crippen molar-refractivity contribution in [3.63, 3.8) is 0 Å². The van der Waals surface area contributed by atoms with Crippen molar-refractivity contribution >= 4 is 15.7 Å². The van der Waals surface area contributed by atoms with Gasteiger partial charge in [0, 0.05) is 6.54 Å². The Morgan fingerprint density at radius 3 is 2.35 bits per heavy atom. The molecule has 0 spiro atoms. The molecule has 0 aromatic heterocycles. The summed E-state index contributed by atoms with van der Waals surface area (Å²) in [5.74, 6) is -0.455. The smallest absolute Gasteiger partial charge is 0.261 e. The molecule has 0 saturated heterocycles. The van der Waals surface area contributed by atoms with E-state index in [-0.39, 0.29) is 10.6 Å². The maximum absolute atomic E-state index is 13.4. The lowest BCUT2D eigenvalue weighted by Crippen LogP contribution is -2.13. The molecule has 0 atom stereocenters. The highest BCUT2D eigenvalue weighted by Gasteiger charge is 2.14. The molecule has 0 saturated carbocycles. The van der Waals surface area contributed by atoms with Gasteiger partial charge in [0.1, 0.15) is 5.82 Å². The molecule has 2 aromatic rings. The molecule has 0 radical (unpaired) electrons. The summed E-state index contributed by atoms with van der Waals surface area (Å²) in [6, 6.07) is 10.4. The second-order valence-electron chi connectivity index (χ2n) is 4.42. The summed E-state index contributed by atoms with van der Waals surface area (Å²) in [5.41, 5.74) is 6.94. The summed E-state index contributed by atoms with van der Waals surface area (Å²) in [5, 5.41) is 0. The van der Waals surface area contributed by atoms with Gasteiger partial charge in [-0.1, -0.05) is 18.2 Å². The number of hydrogen-bond acceptors (Lipinski definition) is 3. The molecule has 0 aliphatic rings. The Morgan fingerprint density at radius 1 is 1.15 bits per heavy atom. The lowest BCUT2D eigenvalue weighted by Gasteiger charge is -2.09. The number of sulfonamides is 1. The van der Waals surface area contributed by atoms with Crippen molar-refractivity contribution in [2.24, 2.45) is 5.73 Å². The highest BCUT2D eigenvalue weighted by Crippen LogP contribution is 2.19. The predicted molar refractivity (Wildman–Crippen MR) is 76.3 cm³/mol. The SMILES string of the molecule is Cc1ccc(NS(=O)(=O)c2ccc(CN)cc2)cc1F. The average molecular weight is 294 g/mol. The molecular formula is C14H15FN2O2S. The van der Waals surface area contributed by atoms with Gasteiger partial charge in [0.05, 0.1) is 10.6 Å². The van der Waals surface area contributed by atoms with Gasteiger partial charge < -0.3 is 5.73 Å². The zero-order chi connectivity index (χ0) is 14.8. The molecular weight excluding hydrogens is 279 g/mol. The average Bonchev–Trinajstić information content (AvgIpc) is 2.43. The number of aryl methyl sites for hydroxylation is 1. The van der Waals surface area contributed by atoms with Crippen molar-refractivity contribution in [3.8, 4) is 0 Å². The molecule has 0 amide bonds. The Balaban J connectivity index is 2.27. The highest BCUT2D eigenvalue weighted by molar-refractivity contribution is 7.92. The highest BCUT2D eigenvalue weighted by atomic mass is 32.2. The van der Waals surface area contributed by atoms with Crippen LogP contribution in [0.15, 0.2) is 47.4 Å². The maximum Gasteiger partial charge on any atom is 0.261 e. The van der Waals surface area contributed by atoms with Gasteiger partial charge in [0.2, 0.25) is 0 Å². The number of hydrogen-bond donors (Lipinski definition) is 2. The summed E-state index contributed by atoms with van der Waals surface area (Å²) < 4.78 is 40.0. The normalized spacial score (nSPS) is 11.3. The van der Waals surface area contributed by atoms with Crippen LogP contribution in [0.5, 0.6) is 0 Å². The van der Waals surface area contributed by atoms with E-state index in [0.717, 1.165) is 11.6 Å². The third kappa shape index (κ3) is 3.15. The largest absolute Gasteiger partial charge is 0.326 e. The minimum Gasteiger partial charge on any atom is -0.326 e. The number of rotatable bonds is 4. The van der Waals surface area contributed by atoms with Crippen LogP contribution in [0.1, 0.15) is 11.1 Å². The first-order valence-corrected chi connectivity index (χ1v) is 7.48. The van der Waals surface area contributed by atoms with E-state index < -0.39 is 15.8 Å². The Kier molecular flexibility index (Phi) is 4.06. The predicted octanol–water partition coefficient (Wildman–Crippen LogP) is 2.39. The first-order valence-electron chi connectivity index (χ1n) is 6.00. The van der Waals surface area contributed by atoms with Crippen LogP contribution in [-0.4, -0.2) is 8.42 Å². The second kappa shape index (κ2) is 5.60. The Labute approximate surface area is 117 Å². The van der Waals surface area contributed by atoms with Crippen LogP contribution in [-0.2, 0) is 16.6 Å². The van der Waals surface area contributed by atoms with E-state index in [4.69, 9.17) is 5.73 Å². The molecule has 106 valence electrons. The van der Waals surface area contributed by atoms with E-state index in [1.807, 2.05) is 0 Å². The number of benzene rings is 2. The second-order valence-corrected chi connectivity index (χ2v) is 6.10. The summed E-state index contributed by atoms with van der Waals surface area (Å²) in [4.78, 5) is 0.107. The fourth-order valence-electron chi connectivity index (χ4n) is 1.68. The molecule has 20 heavy (non-hydrogen) atoms. The van der Waals surface area contributed by atoms with E-state index >= 15 is 0 Å². The van der Waals surface area contributed by atoms with E-state index in [1.54, 1.807) is 19.1 Å². The number of nitrogens with one attached hydrogen (secondary N) is 1. The summed E-state index contributed by atoms with van der Waals surface area (Å²) in [6.45, 7) is 1.95. The van der Waals surface area contributed by atoms with E-state index in [2.05, 4.69) is 4.72 Å². The summed E-state index contributed by atoms with van der Waals surface area (Å²) in [6.07, 6.45) is 0. The molecule has 4 nitrogen and oxygen atoms in total. The standard InChI is InChI=1S/C14H15FN2O2S/c1-10-2-5-12(8-14(10)15)17-20(18,19)13-6-3-11(9-16)4-7-13/h2-8,17H,9,16H2,1H3. The lowest BCUT2D eigenvalue weighted by molar-refractivity contribution is 0.601. The molecule has 6 heteroatoms. The lowest BCUT2D eigenvalue weighted by atomic mass is 10.2. The molecule has 0 fully saturated rings. The summed E-state index contributed by atoms with van der Waals surface area (Å²) >= 11 is 0. The van der Waals surface area contributed by atoms with E-state index in [1.165, 1.54) is 24.3 Å². The van der Waals surface area contributed by atoms with Gasteiger partial charge >= 0.3 is 0 Å². The Hall–Kier alpha value is -1.92. The molecule has 0 aliphatic heterocycles. The van der Waals surface area contributed by atoms with Gasteiger partial charge in [-0.15, -0.1) is 0 Å². The zero-order valence-corrected chi connectivity index (χ0v) is 11.7. The van der Waals surface area contributed by atoms with Crippen LogP contribution in [0.3, 0.4) is 0 Å². The third-order valence-electron chi connectivity index (χ3n) is 2.89. The van der Waals surface area contributed by atoms with Crippen LogP contribution >= 0.6 is 0 Å². The Bertz CT molecular complexity index is 712. The minimum absolute atomic E-state index is 0.107. The topological polar surface area (TPSA) is 72.2 Å². The fourth-order valence-corrected chi connectivity index (χ4v) is 2.72.